The van der Waals surface area contributed by atoms with E-state index in [0.717, 1.165) is 16.3 Å². The lowest BCUT2D eigenvalue weighted by Gasteiger charge is -2.02. The Labute approximate surface area is 109 Å². The van der Waals surface area contributed by atoms with Crippen LogP contribution in [0.2, 0.25) is 0 Å². The van der Waals surface area contributed by atoms with Gasteiger partial charge in [-0.3, -0.25) is 0 Å². The van der Waals surface area contributed by atoms with E-state index >= 15 is 0 Å². The zero-order chi connectivity index (χ0) is 13.1. The third kappa shape index (κ3) is 2.68. The number of aryl methyl sites for hydroxylation is 1. The van der Waals surface area contributed by atoms with Crippen LogP contribution in [0.5, 0.6) is 5.75 Å². The van der Waals surface area contributed by atoms with E-state index in [9.17, 15) is 4.79 Å². The fraction of sp³-hybridized carbons (Fsp3) is 0.231. The van der Waals surface area contributed by atoms with E-state index in [1.165, 1.54) is 11.3 Å². The molecule has 18 heavy (non-hydrogen) atoms. The average molecular weight is 263 g/mol. The van der Waals surface area contributed by atoms with Crippen LogP contribution < -0.4 is 4.74 Å². The van der Waals surface area contributed by atoms with Crippen molar-refractivity contribution in [1.82, 2.24) is 4.98 Å². The summed E-state index contributed by atoms with van der Waals surface area (Å²) in [6.07, 6.45) is 0.621. The number of aromatic nitrogens is 1. The summed E-state index contributed by atoms with van der Waals surface area (Å²) in [4.78, 5) is 15.5. The molecule has 0 amide bonds. The Morgan fingerprint density at radius 2 is 2.28 bits per heavy atom. The van der Waals surface area contributed by atoms with Gasteiger partial charge in [0.2, 0.25) is 0 Å². The number of carboxylic acid groups (broad SMARTS) is 1. The van der Waals surface area contributed by atoms with Gasteiger partial charge in [0.05, 0.1) is 17.8 Å². The van der Waals surface area contributed by atoms with E-state index in [0.29, 0.717) is 17.0 Å². The average Bonchev–Trinajstić information content (AvgIpc) is 2.70. The quantitative estimate of drug-likeness (QED) is 0.921. The van der Waals surface area contributed by atoms with Crippen molar-refractivity contribution in [2.45, 2.75) is 13.3 Å². The number of hydrogen-bond donors (Lipinski definition) is 1. The highest BCUT2D eigenvalue weighted by Crippen LogP contribution is 2.22. The van der Waals surface area contributed by atoms with E-state index in [-0.39, 0.29) is 0 Å². The lowest BCUT2D eigenvalue weighted by atomic mass is 10.1. The van der Waals surface area contributed by atoms with Crippen LogP contribution in [0, 0.1) is 6.92 Å². The van der Waals surface area contributed by atoms with Crippen molar-refractivity contribution in [2.24, 2.45) is 0 Å². The van der Waals surface area contributed by atoms with Crippen molar-refractivity contribution in [1.29, 1.82) is 0 Å². The molecule has 5 heteroatoms. The number of carbonyl (C=O) groups is 1. The number of nitrogens with zero attached hydrogens (tertiary/aromatic N) is 1. The molecular formula is C13H13NO3S. The molecule has 0 saturated heterocycles. The number of thiazole rings is 1. The van der Waals surface area contributed by atoms with Gasteiger partial charge in [0, 0.05) is 6.42 Å². The van der Waals surface area contributed by atoms with Crippen LogP contribution in [-0.4, -0.2) is 23.2 Å². The predicted molar refractivity (Wildman–Crippen MR) is 69.6 cm³/mol. The summed E-state index contributed by atoms with van der Waals surface area (Å²) in [6.45, 7) is 1.72. The standard InChI is InChI=1S/C13H13NO3S/c1-8-12(13(15)16)18-11(14-8)7-9-4-3-5-10(6-9)17-2/h3-6H,7H2,1-2H3,(H,15,16). The third-order valence-electron chi connectivity index (χ3n) is 2.52. The van der Waals surface area contributed by atoms with Gasteiger partial charge in [0.15, 0.2) is 0 Å². The van der Waals surface area contributed by atoms with Crippen LogP contribution in [0.25, 0.3) is 0 Å². The molecule has 2 aromatic rings. The van der Waals surface area contributed by atoms with Crippen LogP contribution >= 0.6 is 11.3 Å². The predicted octanol–water partition coefficient (Wildman–Crippen LogP) is 2.75. The maximum absolute atomic E-state index is 10.9. The molecule has 0 radical (unpaired) electrons. The van der Waals surface area contributed by atoms with Crippen LogP contribution in [0.1, 0.15) is 25.9 Å². The molecule has 94 valence electrons. The summed E-state index contributed by atoms with van der Waals surface area (Å²) in [6, 6.07) is 7.68. The molecule has 0 fully saturated rings. The van der Waals surface area contributed by atoms with Crippen LogP contribution in [-0.2, 0) is 6.42 Å². The Bertz CT molecular complexity index is 577. The minimum atomic E-state index is -0.915. The fourth-order valence-corrected chi connectivity index (χ4v) is 2.62. The number of ether oxygens (including phenoxy) is 1. The van der Waals surface area contributed by atoms with Gasteiger partial charge in [-0.15, -0.1) is 11.3 Å². The van der Waals surface area contributed by atoms with Crippen molar-refractivity contribution >= 4 is 17.3 Å². The lowest BCUT2D eigenvalue weighted by Crippen LogP contribution is -1.94. The van der Waals surface area contributed by atoms with Crippen LogP contribution in [0.3, 0.4) is 0 Å². The lowest BCUT2D eigenvalue weighted by molar-refractivity contribution is 0.0701. The van der Waals surface area contributed by atoms with Crippen molar-refractivity contribution in [3.63, 3.8) is 0 Å². The minimum Gasteiger partial charge on any atom is -0.497 e. The molecule has 1 aromatic carbocycles. The normalized spacial score (nSPS) is 10.3. The smallest absolute Gasteiger partial charge is 0.347 e. The molecule has 0 bridgehead atoms. The molecule has 0 spiro atoms. The number of aromatic carboxylic acids is 1. The fourth-order valence-electron chi connectivity index (χ4n) is 1.68. The number of benzene rings is 1. The van der Waals surface area contributed by atoms with Crippen molar-refractivity contribution in [3.8, 4) is 5.75 Å². The maximum Gasteiger partial charge on any atom is 0.347 e. The second-order valence-corrected chi connectivity index (χ2v) is 4.94. The van der Waals surface area contributed by atoms with E-state index < -0.39 is 5.97 Å². The minimum absolute atomic E-state index is 0.313. The summed E-state index contributed by atoms with van der Waals surface area (Å²) in [5, 5.41) is 9.78. The van der Waals surface area contributed by atoms with Gasteiger partial charge in [-0.2, -0.15) is 0 Å². The number of hydrogen-bond acceptors (Lipinski definition) is 4. The van der Waals surface area contributed by atoms with Gasteiger partial charge in [0.1, 0.15) is 10.6 Å². The largest absolute Gasteiger partial charge is 0.497 e. The first kappa shape index (κ1) is 12.6. The molecule has 0 aliphatic heterocycles. The Balaban J connectivity index is 2.23. The van der Waals surface area contributed by atoms with Gasteiger partial charge in [-0.1, -0.05) is 12.1 Å². The van der Waals surface area contributed by atoms with Crippen molar-refractivity contribution in [3.05, 3.63) is 45.4 Å². The second-order valence-electron chi connectivity index (χ2n) is 3.86. The second kappa shape index (κ2) is 5.18. The Hall–Kier alpha value is -1.88. The third-order valence-corrected chi connectivity index (χ3v) is 3.67. The summed E-state index contributed by atoms with van der Waals surface area (Å²) < 4.78 is 5.15. The van der Waals surface area contributed by atoms with E-state index in [1.54, 1.807) is 14.0 Å². The summed E-state index contributed by atoms with van der Waals surface area (Å²) in [5.74, 6) is -0.124. The zero-order valence-corrected chi connectivity index (χ0v) is 11.0. The molecule has 4 nitrogen and oxygen atoms in total. The maximum atomic E-state index is 10.9. The van der Waals surface area contributed by atoms with Crippen molar-refractivity contribution in [2.75, 3.05) is 7.11 Å². The Morgan fingerprint density at radius 3 is 2.89 bits per heavy atom. The SMILES string of the molecule is COc1cccc(Cc2nc(C)c(C(=O)O)s2)c1. The van der Waals surface area contributed by atoms with Crippen molar-refractivity contribution < 1.29 is 14.6 Å². The summed E-state index contributed by atoms with van der Waals surface area (Å²) in [7, 11) is 1.62. The molecule has 1 aromatic heterocycles. The Morgan fingerprint density at radius 1 is 1.50 bits per heavy atom. The molecule has 0 saturated carbocycles. The summed E-state index contributed by atoms with van der Waals surface area (Å²) >= 11 is 1.22. The Kier molecular flexibility index (Phi) is 3.62. The highest BCUT2D eigenvalue weighted by molar-refractivity contribution is 7.13. The molecule has 0 aliphatic carbocycles. The van der Waals surface area contributed by atoms with E-state index in [2.05, 4.69) is 4.98 Å². The highest BCUT2D eigenvalue weighted by atomic mass is 32.1. The first-order valence-electron chi connectivity index (χ1n) is 5.42. The number of carboxylic acids is 1. The van der Waals surface area contributed by atoms with Crippen LogP contribution in [0.15, 0.2) is 24.3 Å². The molecule has 2 rings (SSSR count). The molecule has 1 heterocycles. The van der Waals surface area contributed by atoms with Gasteiger partial charge >= 0.3 is 5.97 Å². The van der Waals surface area contributed by atoms with Gasteiger partial charge in [-0.05, 0) is 24.6 Å². The molecule has 0 atom stereocenters. The molecule has 0 unspecified atom stereocenters. The number of methoxy groups -OCH3 is 1. The first-order chi connectivity index (χ1) is 8.60. The van der Waals surface area contributed by atoms with Gasteiger partial charge in [-0.25, -0.2) is 9.78 Å². The van der Waals surface area contributed by atoms with E-state index in [4.69, 9.17) is 9.84 Å². The van der Waals surface area contributed by atoms with Crippen LogP contribution in [0.4, 0.5) is 0 Å². The van der Waals surface area contributed by atoms with E-state index in [1.807, 2.05) is 24.3 Å². The number of rotatable bonds is 4. The molecule has 0 aliphatic rings. The first-order valence-corrected chi connectivity index (χ1v) is 6.24. The molecule has 1 N–H and O–H groups in total. The van der Waals surface area contributed by atoms with Gasteiger partial charge < -0.3 is 9.84 Å². The summed E-state index contributed by atoms with van der Waals surface area (Å²) in [5.41, 5.74) is 1.63. The molecular weight excluding hydrogens is 250 g/mol. The highest BCUT2D eigenvalue weighted by Gasteiger charge is 2.14. The van der Waals surface area contributed by atoms with Gasteiger partial charge in [0.25, 0.3) is 0 Å². The topological polar surface area (TPSA) is 59.4 Å². The monoisotopic (exact) mass is 263 g/mol. The zero-order valence-electron chi connectivity index (χ0n) is 10.1.